The maximum Gasteiger partial charge on any atom is 0.314 e. The van der Waals surface area contributed by atoms with E-state index >= 15 is 0 Å². The van der Waals surface area contributed by atoms with Crippen LogP contribution in [0.25, 0.3) is 0 Å². The highest BCUT2D eigenvalue weighted by Crippen LogP contribution is 2.54. The van der Waals surface area contributed by atoms with E-state index in [-0.39, 0.29) is 18.4 Å². The van der Waals surface area contributed by atoms with Crippen LogP contribution in [0.4, 0.5) is 10.5 Å². The van der Waals surface area contributed by atoms with Crippen LogP contribution in [-0.2, 0) is 15.0 Å². The number of carbonyl (C=O) groups is 3. The first-order chi connectivity index (χ1) is 13.4. The molecule has 2 atom stereocenters. The number of likely N-dealkylation sites (tertiary alicyclic amines) is 1. The lowest BCUT2D eigenvalue weighted by atomic mass is 9.72. The zero-order valence-electron chi connectivity index (χ0n) is 15.6. The van der Waals surface area contributed by atoms with Crippen LogP contribution < -0.4 is 11.1 Å². The fourth-order valence-corrected chi connectivity index (χ4v) is 4.43. The zero-order valence-corrected chi connectivity index (χ0v) is 15.6. The van der Waals surface area contributed by atoms with E-state index in [1.54, 1.807) is 4.90 Å². The van der Waals surface area contributed by atoms with Gasteiger partial charge in [0.1, 0.15) is 12.0 Å². The van der Waals surface area contributed by atoms with Gasteiger partial charge in [0.2, 0.25) is 11.8 Å². The standard InChI is InChI=1S/C21H22N4O3/c1-24(20(22)28)13-17(26)25-12-11-21(18(25)14-7-3-2-4-8-14)15-9-5-6-10-16(15)23-19(21)27/h2-10,18H,11-13H2,1H3,(H2,22,28)(H,23,27). The first-order valence-corrected chi connectivity index (χ1v) is 9.21. The number of hydrogen-bond acceptors (Lipinski definition) is 3. The van der Waals surface area contributed by atoms with Gasteiger partial charge in [0.05, 0.1) is 6.04 Å². The van der Waals surface area contributed by atoms with E-state index in [1.807, 2.05) is 54.6 Å². The number of nitrogens with one attached hydrogen (secondary N) is 1. The molecule has 0 saturated carbocycles. The Morgan fingerprint density at radius 1 is 1.18 bits per heavy atom. The smallest absolute Gasteiger partial charge is 0.314 e. The van der Waals surface area contributed by atoms with Gasteiger partial charge >= 0.3 is 6.03 Å². The minimum Gasteiger partial charge on any atom is -0.351 e. The topological polar surface area (TPSA) is 95.7 Å². The van der Waals surface area contributed by atoms with Crippen molar-refractivity contribution in [3.8, 4) is 0 Å². The molecule has 2 aliphatic heterocycles. The molecule has 2 aliphatic rings. The van der Waals surface area contributed by atoms with Crippen molar-refractivity contribution >= 4 is 23.5 Å². The molecule has 1 saturated heterocycles. The Morgan fingerprint density at radius 3 is 2.57 bits per heavy atom. The van der Waals surface area contributed by atoms with Crippen molar-refractivity contribution in [1.29, 1.82) is 0 Å². The Balaban J connectivity index is 1.80. The molecule has 7 nitrogen and oxygen atoms in total. The van der Waals surface area contributed by atoms with Gasteiger partial charge in [-0.15, -0.1) is 0 Å². The average molecular weight is 378 g/mol. The quantitative estimate of drug-likeness (QED) is 0.853. The van der Waals surface area contributed by atoms with Gasteiger partial charge in [-0.3, -0.25) is 9.59 Å². The molecule has 0 bridgehead atoms. The maximum atomic E-state index is 13.2. The molecular formula is C21H22N4O3. The van der Waals surface area contributed by atoms with Crippen LogP contribution in [0.3, 0.4) is 0 Å². The number of amides is 4. The van der Waals surface area contributed by atoms with Crippen LogP contribution in [0.5, 0.6) is 0 Å². The third-order valence-electron chi connectivity index (χ3n) is 5.77. The van der Waals surface area contributed by atoms with Gasteiger partial charge < -0.3 is 20.9 Å². The Labute approximate surface area is 163 Å². The summed E-state index contributed by atoms with van der Waals surface area (Å²) < 4.78 is 0. The molecular weight excluding hydrogens is 356 g/mol. The second-order valence-corrected chi connectivity index (χ2v) is 7.32. The summed E-state index contributed by atoms with van der Waals surface area (Å²) >= 11 is 0. The van der Waals surface area contributed by atoms with Gasteiger partial charge in [-0.05, 0) is 23.6 Å². The van der Waals surface area contributed by atoms with Crippen molar-refractivity contribution in [2.75, 3.05) is 25.5 Å². The Hall–Kier alpha value is -3.35. The molecule has 1 spiro atoms. The van der Waals surface area contributed by atoms with E-state index in [4.69, 9.17) is 5.73 Å². The minimum atomic E-state index is -0.848. The second-order valence-electron chi connectivity index (χ2n) is 7.32. The Morgan fingerprint density at radius 2 is 1.86 bits per heavy atom. The Kier molecular flexibility index (Phi) is 4.30. The fraction of sp³-hybridized carbons (Fsp3) is 0.286. The summed E-state index contributed by atoms with van der Waals surface area (Å²) in [4.78, 5) is 40.5. The molecule has 144 valence electrons. The van der Waals surface area contributed by atoms with Gasteiger partial charge in [-0.2, -0.15) is 0 Å². The molecule has 0 radical (unpaired) electrons. The van der Waals surface area contributed by atoms with E-state index in [0.29, 0.717) is 13.0 Å². The number of likely N-dealkylation sites (N-methyl/N-ethyl adjacent to an activating group) is 1. The van der Waals surface area contributed by atoms with E-state index in [0.717, 1.165) is 16.8 Å². The van der Waals surface area contributed by atoms with Gasteiger partial charge in [0, 0.05) is 19.3 Å². The maximum absolute atomic E-state index is 13.2. The van der Waals surface area contributed by atoms with Gasteiger partial charge in [-0.1, -0.05) is 48.5 Å². The molecule has 2 unspecified atom stereocenters. The highest BCUT2D eigenvalue weighted by molar-refractivity contribution is 6.07. The number of para-hydroxylation sites is 1. The summed E-state index contributed by atoms with van der Waals surface area (Å²) in [6.45, 7) is 0.296. The van der Waals surface area contributed by atoms with Crippen molar-refractivity contribution in [2.45, 2.75) is 17.9 Å². The van der Waals surface area contributed by atoms with Crippen molar-refractivity contribution in [1.82, 2.24) is 9.80 Å². The largest absolute Gasteiger partial charge is 0.351 e. The van der Waals surface area contributed by atoms with Crippen LogP contribution >= 0.6 is 0 Å². The van der Waals surface area contributed by atoms with Crippen LogP contribution in [0.15, 0.2) is 54.6 Å². The second kappa shape index (κ2) is 6.67. The van der Waals surface area contributed by atoms with E-state index in [1.165, 1.54) is 11.9 Å². The molecule has 28 heavy (non-hydrogen) atoms. The van der Waals surface area contributed by atoms with Gasteiger partial charge in [0.25, 0.3) is 0 Å². The first kappa shape index (κ1) is 18.0. The Bertz CT molecular complexity index is 946. The van der Waals surface area contributed by atoms with Crippen molar-refractivity contribution in [3.63, 3.8) is 0 Å². The monoisotopic (exact) mass is 378 g/mol. The van der Waals surface area contributed by atoms with Crippen molar-refractivity contribution in [3.05, 3.63) is 65.7 Å². The van der Waals surface area contributed by atoms with Gasteiger partial charge in [0.15, 0.2) is 0 Å². The predicted molar refractivity (Wildman–Crippen MR) is 104 cm³/mol. The highest BCUT2D eigenvalue weighted by atomic mass is 16.2. The SMILES string of the molecule is CN(CC(=O)N1CCC2(C(=O)Nc3ccccc32)C1c1ccccc1)C(N)=O. The first-order valence-electron chi connectivity index (χ1n) is 9.21. The number of carbonyl (C=O) groups excluding carboxylic acids is 3. The van der Waals surface area contributed by atoms with Crippen LogP contribution in [0, 0.1) is 0 Å². The number of fused-ring (bicyclic) bond motifs is 2. The van der Waals surface area contributed by atoms with Crippen LogP contribution in [-0.4, -0.2) is 47.8 Å². The van der Waals surface area contributed by atoms with E-state index in [2.05, 4.69) is 5.32 Å². The number of benzene rings is 2. The summed E-state index contributed by atoms with van der Waals surface area (Å²) in [5.41, 5.74) is 7.02. The molecule has 4 amide bonds. The summed E-state index contributed by atoms with van der Waals surface area (Å²) in [6.07, 6.45) is 0.515. The molecule has 0 aromatic heterocycles. The molecule has 0 aliphatic carbocycles. The number of rotatable bonds is 3. The molecule has 2 aromatic rings. The lowest BCUT2D eigenvalue weighted by Crippen LogP contribution is -2.46. The average Bonchev–Trinajstić information content (AvgIpc) is 3.22. The lowest BCUT2D eigenvalue weighted by molar-refractivity contribution is -0.133. The number of urea groups is 1. The van der Waals surface area contributed by atoms with Crippen molar-refractivity contribution < 1.29 is 14.4 Å². The highest BCUT2D eigenvalue weighted by Gasteiger charge is 2.59. The van der Waals surface area contributed by atoms with E-state index < -0.39 is 17.5 Å². The molecule has 4 rings (SSSR count). The van der Waals surface area contributed by atoms with Gasteiger partial charge in [-0.25, -0.2) is 4.79 Å². The van der Waals surface area contributed by atoms with Crippen LogP contribution in [0.2, 0.25) is 0 Å². The zero-order chi connectivity index (χ0) is 19.9. The fourth-order valence-electron chi connectivity index (χ4n) is 4.43. The molecule has 3 N–H and O–H groups in total. The summed E-state index contributed by atoms with van der Waals surface area (Å²) in [6, 6.07) is 16.1. The normalized spacial score (nSPS) is 22.8. The lowest BCUT2D eigenvalue weighted by Gasteiger charge is -2.35. The predicted octanol–water partition coefficient (Wildman–Crippen LogP) is 1.86. The third-order valence-corrected chi connectivity index (χ3v) is 5.77. The summed E-state index contributed by atoms with van der Waals surface area (Å²) in [7, 11) is 1.49. The third kappa shape index (κ3) is 2.62. The molecule has 2 aromatic carbocycles. The molecule has 7 heteroatoms. The number of nitrogens with zero attached hydrogens (tertiary/aromatic N) is 2. The number of nitrogens with two attached hydrogens (primary N) is 1. The number of hydrogen-bond donors (Lipinski definition) is 2. The number of primary amides is 1. The minimum absolute atomic E-state index is 0.0962. The molecule has 1 fully saturated rings. The summed E-state index contributed by atoms with van der Waals surface area (Å²) in [5.74, 6) is -0.328. The number of anilines is 1. The van der Waals surface area contributed by atoms with Crippen molar-refractivity contribution in [2.24, 2.45) is 5.73 Å². The summed E-state index contributed by atoms with van der Waals surface area (Å²) in [5, 5.41) is 2.99. The van der Waals surface area contributed by atoms with Crippen LogP contribution in [0.1, 0.15) is 23.6 Å². The molecule has 2 heterocycles. The van der Waals surface area contributed by atoms with E-state index in [9.17, 15) is 14.4 Å².